The molecule has 0 fully saturated rings. The lowest BCUT2D eigenvalue weighted by atomic mass is 9.98. The molecule has 0 radical (unpaired) electrons. The summed E-state index contributed by atoms with van der Waals surface area (Å²) in [5.41, 5.74) is 6.96. The molecule has 27 heavy (non-hydrogen) atoms. The van der Waals surface area contributed by atoms with Gasteiger partial charge in [0.2, 0.25) is 0 Å². The Balaban J connectivity index is 1.75. The van der Waals surface area contributed by atoms with Crippen LogP contribution < -0.4 is 0 Å². The van der Waals surface area contributed by atoms with Gasteiger partial charge in [-0.05, 0) is 67.3 Å². The lowest BCUT2D eigenvalue weighted by Crippen LogP contribution is -2.38. The molecular weight excluding hydrogens is 335 g/mol. The van der Waals surface area contributed by atoms with E-state index in [2.05, 4.69) is 48.4 Å². The van der Waals surface area contributed by atoms with Crippen molar-refractivity contribution in [2.24, 2.45) is 0 Å². The Bertz CT molecular complexity index is 939. The first-order valence-electron chi connectivity index (χ1n) is 10.2. The fraction of sp³-hybridized carbons (Fsp3) is 0.417. The molecule has 2 nitrogen and oxygen atoms in total. The Kier molecular flexibility index (Phi) is 5.05. The van der Waals surface area contributed by atoms with Crippen LogP contribution in [0.3, 0.4) is 0 Å². The number of aromatic nitrogens is 1. The van der Waals surface area contributed by atoms with Crippen molar-refractivity contribution in [1.29, 1.82) is 0 Å². The van der Waals surface area contributed by atoms with Gasteiger partial charge in [-0.3, -0.25) is 4.90 Å². The van der Waals surface area contributed by atoms with Gasteiger partial charge in [0.25, 0.3) is 0 Å². The van der Waals surface area contributed by atoms with Crippen LogP contribution in [-0.4, -0.2) is 22.1 Å². The zero-order valence-corrected chi connectivity index (χ0v) is 16.6. The van der Waals surface area contributed by atoms with Gasteiger partial charge in [0.1, 0.15) is 5.82 Å². The molecule has 2 aromatic carbocycles. The van der Waals surface area contributed by atoms with E-state index >= 15 is 0 Å². The predicted octanol–water partition coefficient (Wildman–Crippen LogP) is 5.35. The van der Waals surface area contributed by atoms with E-state index in [1.54, 1.807) is 12.1 Å². The summed E-state index contributed by atoms with van der Waals surface area (Å²) in [6.45, 7) is 9.90. The normalized spacial score (nSPS) is 17.4. The van der Waals surface area contributed by atoms with Crippen LogP contribution in [0.15, 0.2) is 42.5 Å². The Labute approximate surface area is 161 Å². The third kappa shape index (κ3) is 3.41. The minimum Gasteiger partial charge on any atom is -0.344 e. The van der Waals surface area contributed by atoms with E-state index in [0.717, 1.165) is 38.9 Å². The Morgan fingerprint density at radius 2 is 1.78 bits per heavy atom. The van der Waals surface area contributed by atoms with Gasteiger partial charge in [-0.1, -0.05) is 32.0 Å². The van der Waals surface area contributed by atoms with Gasteiger partial charge in [0.15, 0.2) is 0 Å². The number of hydrogen-bond donors (Lipinski definition) is 0. The second-order valence-corrected chi connectivity index (χ2v) is 7.77. The molecular formula is C24H29FN2. The predicted molar refractivity (Wildman–Crippen MR) is 111 cm³/mol. The summed E-state index contributed by atoms with van der Waals surface area (Å²) in [6, 6.07) is 14.5. The fourth-order valence-electron chi connectivity index (χ4n) is 4.49. The van der Waals surface area contributed by atoms with Gasteiger partial charge in [0, 0.05) is 42.1 Å². The molecule has 1 aliphatic heterocycles. The average molecular weight is 365 g/mol. The summed E-state index contributed by atoms with van der Waals surface area (Å²) < 4.78 is 15.7. The van der Waals surface area contributed by atoms with Crippen molar-refractivity contribution in [2.45, 2.75) is 59.2 Å². The number of likely N-dealkylation sites (N-methyl/N-ethyl adjacent to an activating group) is 1. The van der Waals surface area contributed by atoms with Crippen molar-refractivity contribution in [3.63, 3.8) is 0 Å². The lowest BCUT2D eigenvalue weighted by Gasteiger charge is -2.33. The van der Waals surface area contributed by atoms with Crippen LogP contribution in [0.1, 0.15) is 43.2 Å². The molecule has 1 aliphatic rings. The maximum absolute atomic E-state index is 13.2. The zero-order chi connectivity index (χ0) is 19.0. The van der Waals surface area contributed by atoms with Crippen LogP contribution in [0.5, 0.6) is 0 Å². The fourth-order valence-corrected chi connectivity index (χ4v) is 4.49. The first-order chi connectivity index (χ1) is 13.1. The van der Waals surface area contributed by atoms with Crippen LogP contribution in [-0.2, 0) is 32.4 Å². The van der Waals surface area contributed by atoms with Crippen molar-refractivity contribution in [2.75, 3.05) is 6.54 Å². The van der Waals surface area contributed by atoms with Crippen LogP contribution in [0.2, 0.25) is 0 Å². The Hall–Kier alpha value is -2.13. The number of hydrogen-bond acceptors (Lipinski definition) is 1. The van der Waals surface area contributed by atoms with Crippen molar-refractivity contribution >= 4 is 10.9 Å². The minimum absolute atomic E-state index is 0.164. The Morgan fingerprint density at radius 1 is 1.04 bits per heavy atom. The first kappa shape index (κ1) is 18.2. The number of rotatable bonds is 5. The van der Waals surface area contributed by atoms with Gasteiger partial charge in [-0.15, -0.1) is 0 Å². The SMILES string of the molecule is CCc1ccc2c(c1)c1c(n2CCc2ccc(F)cc2)CC(C)N(CC)C1. The van der Waals surface area contributed by atoms with Crippen LogP contribution in [0, 0.1) is 5.82 Å². The third-order valence-corrected chi connectivity index (χ3v) is 6.18. The van der Waals surface area contributed by atoms with E-state index in [1.807, 2.05) is 12.1 Å². The number of fused-ring (bicyclic) bond motifs is 3. The molecule has 1 unspecified atom stereocenters. The molecule has 0 bridgehead atoms. The molecule has 2 heterocycles. The maximum atomic E-state index is 13.2. The third-order valence-electron chi connectivity index (χ3n) is 6.18. The number of benzene rings is 2. The summed E-state index contributed by atoms with van der Waals surface area (Å²) in [5, 5.41) is 1.42. The largest absolute Gasteiger partial charge is 0.344 e. The highest BCUT2D eigenvalue weighted by Gasteiger charge is 2.27. The number of aryl methyl sites for hydroxylation is 3. The van der Waals surface area contributed by atoms with Crippen molar-refractivity contribution in [1.82, 2.24) is 9.47 Å². The van der Waals surface area contributed by atoms with Crippen LogP contribution in [0.25, 0.3) is 10.9 Å². The summed E-state index contributed by atoms with van der Waals surface area (Å²) in [7, 11) is 0. The molecule has 1 atom stereocenters. The first-order valence-corrected chi connectivity index (χ1v) is 10.2. The van der Waals surface area contributed by atoms with E-state index in [4.69, 9.17) is 0 Å². The molecule has 0 N–H and O–H groups in total. The highest BCUT2D eigenvalue weighted by Crippen LogP contribution is 2.34. The lowest BCUT2D eigenvalue weighted by molar-refractivity contribution is 0.192. The summed E-state index contributed by atoms with van der Waals surface area (Å²) in [5.74, 6) is -0.164. The van der Waals surface area contributed by atoms with Crippen molar-refractivity contribution in [3.05, 3.63) is 70.7 Å². The summed E-state index contributed by atoms with van der Waals surface area (Å²) >= 11 is 0. The molecule has 0 saturated carbocycles. The van der Waals surface area contributed by atoms with E-state index < -0.39 is 0 Å². The quantitative estimate of drug-likeness (QED) is 0.592. The summed E-state index contributed by atoms with van der Waals surface area (Å²) in [4.78, 5) is 2.57. The number of nitrogens with zero attached hydrogens (tertiary/aromatic N) is 2. The van der Waals surface area contributed by atoms with Crippen LogP contribution in [0.4, 0.5) is 4.39 Å². The van der Waals surface area contributed by atoms with Crippen molar-refractivity contribution in [3.8, 4) is 0 Å². The molecule has 0 aliphatic carbocycles. The zero-order valence-electron chi connectivity index (χ0n) is 16.6. The van der Waals surface area contributed by atoms with Crippen molar-refractivity contribution < 1.29 is 4.39 Å². The van der Waals surface area contributed by atoms with Gasteiger partial charge in [0.05, 0.1) is 0 Å². The maximum Gasteiger partial charge on any atom is 0.123 e. The highest BCUT2D eigenvalue weighted by molar-refractivity contribution is 5.86. The second-order valence-electron chi connectivity index (χ2n) is 7.77. The van der Waals surface area contributed by atoms with E-state index in [-0.39, 0.29) is 5.82 Å². The number of halogens is 1. The molecule has 1 aromatic heterocycles. The van der Waals surface area contributed by atoms with Crippen LogP contribution >= 0.6 is 0 Å². The van der Waals surface area contributed by atoms with E-state index in [1.165, 1.54) is 33.3 Å². The monoisotopic (exact) mass is 364 g/mol. The van der Waals surface area contributed by atoms with Gasteiger partial charge in [-0.25, -0.2) is 4.39 Å². The van der Waals surface area contributed by atoms with E-state index in [9.17, 15) is 4.39 Å². The van der Waals surface area contributed by atoms with E-state index in [0.29, 0.717) is 6.04 Å². The van der Waals surface area contributed by atoms with Gasteiger partial charge in [-0.2, -0.15) is 0 Å². The highest BCUT2D eigenvalue weighted by atomic mass is 19.1. The Morgan fingerprint density at radius 3 is 2.48 bits per heavy atom. The minimum atomic E-state index is -0.164. The molecule has 3 heteroatoms. The van der Waals surface area contributed by atoms with Gasteiger partial charge >= 0.3 is 0 Å². The summed E-state index contributed by atoms with van der Waals surface area (Å²) in [6.07, 6.45) is 3.10. The second kappa shape index (κ2) is 7.47. The molecule has 3 aromatic rings. The average Bonchev–Trinajstić information content (AvgIpc) is 2.98. The molecule has 0 saturated heterocycles. The smallest absolute Gasteiger partial charge is 0.123 e. The molecule has 142 valence electrons. The molecule has 4 rings (SSSR count). The topological polar surface area (TPSA) is 8.17 Å². The molecule has 0 spiro atoms. The van der Waals surface area contributed by atoms with Gasteiger partial charge < -0.3 is 4.57 Å². The molecule has 0 amide bonds. The standard InChI is InChI=1S/C24H29FN2/c1-4-18-8-11-23-21(15-18)22-16-26(5-2)17(3)14-24(22)27(23)13-12-19-6-9-20(25)10-7-19/h6-11,15,17H,4-5,12-14,16H2,1-3H3.